The molecule has 0 amide bonds. The quantitative estimate of drug-likeness (QED) is 0.850. The SMILES string of the molecule is O=C(c1ccc(Br)cc1)C1(CO)COC1. The highest BCUT2D eigenvalue weighted by Crippen LogP contribution is 2.31. The topological polar surface area (TPSA) is 46.5 Å². The second kappa shape index (κ2) is 4.04. The number of ether oxygens (including phenoxy) is 1. The summed E-state index contributed by atoms with van der Waals surface area (Å²) in [7, 11) is 0. The Labute approximate surface area is 96.2 Å². The molecule has 3 nitrogen and oxygen atoms in total. The highest BCUT2D eigenvalue weighted by Gasteiger charge is 2.45. The van der Waals surface area contributed by atoms with Gasteiger partial charge in [0.25, 0.3) is 0 Å². The van der Waals surface area contributed by atoms with Crippen LogP contribution in [0.25, 0.3) is 0 Å². The monoisotopic (exact) mass is 270 g/mol. The van der Waals surface area contributed by atoms with Crippen LogP contribution < -0.4 is 0 Å². The van der Waals surface area contributed by atoms with E-state index in [-0.39, 0.29) is 12.4 Å². The molecule has 0 atom stereocenters. The number of hydrogen-bond acceptors (Lipinski definition) is 3. The van der Waals surface area contributed by atoms with Gasteiger partial charge in [0.1, 0.15) is 5.41 Å². The fourth-order valence-electron chi connectivity index (χ4n) is 1.55. The van der Waals surface area contributed by atoms with Gasteiger partial charge in [0.05, 0.1) is 19.8 Å². The second-order valence-corrected chi connectivity index (χ2v) is 4.68. The molecular formula is C11H11BrO3. The van der Waals surface area contributed by atoms with Crippen molar-refractivity contribution in [3.63, 3.8) is 0 Å². The first-order chi connectivity index (χ1) is 7.18. The normalized spacial score (nSPS) is 18.3. The summed E-state index contributed by atoms with van der Waals surface area (Å²) in [5.74, 6) is -0.0382. The predicted molar refractivity (Wildman–Crippen MR) is 58.8 cm³/mol. The number of carbonyl (C=O) groups is 1. The molecule has 1 N–H and O–H groups in total. The molecule has 2 rings (SSSR count). The van der Waals surface area contributed by atoms with Gasteiger partial charge in [-0.1, -0.05) is 28.1 Å². The Hall–Kier alpha value is -0.710. The number of carbonyl (C=O) groups excluding carboxylic acids is 1. The van der Waals surface area contributed by atoms with Crippen LogP contribution in [-0.2, 0) is 4.74 Å². The Morgan fingerprint density at radius 2 is 2.00 bits per heavy atom. The van der Waals surface area contributed by atoms with E-state index in [0.29, 0.717) is 18.8 Å². The average molecular weight is 271 g/mol. The number of rotatable bonds is 3. The van der Waals surface area contributed by atoms with Crippen LogP contribution in [0.1, 0.15) is 10.4 Å². The van der Waals surface area contributed by atoms with Gasteiger partial charge in [0, 0.05) is 10.0 Å². The standard InChI is InChI=1S/C11H11BrO3/c12-9-3-1-8(2-4-9)10(14)11(5-13)6-15-7-11/h1-4,13H,5-7H2. The van der Waals surface area contributed by atoms with Gasteiger partial charge in [-0.05, 0) is 12.1 Å². The summed E-state index contributed by atoms with van der Waals surface area (Å²) >= 11 is 3.31. The molecule has 1 heterocycles. The zero-order valence-electron chi connectivity index (χ0n) is 8.07. The Morgan fingerprint density at radius 1 is 1.40 bits per heavy atom. The first-order valence-electron chi connectivity index (χ1n) is 4.67. The lowest BCUT2D eigenvalue weighted by atomic mass is 9.79. The molecule has 1 aromatic carbocycles. The molecule has 1 aliphatic rings. The van der Waals surface area contributed by atoms with Crippen LogP contribution in [0, 0.1) is 5.41 Å². The molecule has 0 aliphatic carbocycles. The van der Waals surface area contributed by atoms with E-state index in [0.717, 1.165) is 4.47 Å². The van der Waals surface area contributed by atoms with Crippen molar-refractivity contribution in [2.24, 2.45) is 5.41 Å². The fraction of sp³-hybridized carbons (Fsp3) is 0.364. The van der Waals surface area contributed by atoms with Gasteiger partial charge in [0.2, 0.25) is 0 Å². The number of halogens is 1. The Balaban J connectivity index is 2.24. The van der Waals surface area contributed by atoms with Crippen LogP contribution in [0.4, 0.5) is 0 Å². The molecule has 1 fully saturated rings. The van der Waals surface area contributed by atoms with Crippen LogP contribution in [0.5, 0.6) is 0 Å². The van der Waals surface area contributed by atoms with Gasteiger partial charge in [-0.15, -0.1) is 0 Å². The van der Waals surface area contributed by atoms with Crippen LogP contribution >= 0.6 is 15.9 Å². The Kier molecular flexibility index (Phi) is 2.91. The van der Waals surface area contributed by atoms with Gasteiger partial charge in [-0.25, -0.2) is 0 Å². The predicted octanol–water partition coefficient (Wildman–Crippen LogP) is 1.64. The summed E-state index contributed by atoms with van der Waals surface area (Å²) in [6, 6.07) is 7.14. The van der Waals surface area contributed by atoms with E-state index >= 15 is 0 Å². The third-order valence-electron chi connectivity index (χ3n) is 2.65. The van der Waals surface area contributed by atoms with Crippen LogP contribution in [-0.4, -0.2) is 30.7 Å². The largest absolute Gasteiger partial charge is 0.395 e. The molecular weight excluding hydrogens is 260 g/mol. The van der Waals surface area contributed by atoms with Gasteiger partial charge in [0.15, 0.2) is 5.78 Å². The minimum Gasteiger partial charge on any atom is -0.395 e. The fourth-order valence-corrected chi connectivity index (χ4v) is 1.81. The molecule has 0 spiro atoms. The van der Waals surface area contributed by atoms with E-state index in [9.17, 15) is 9.90 Å². The molecule has 0 radical (unpaired) electrons. The van der Waals surface area contributed by atoms with E-state index in [1.807, 2.05) is 12.1 Å². The third kappa shape index (κ3) is 1.85. The maximum absolute atomic E-state index is 12.0. The first kappa shape index (κ1) is 10.8. The highest BCUT2D eigenvalue weighted by atomic mass is 79.9. The number of aliphatic hydroxyl groups is 1. The van der Waals surface area contributed by atoms with Crippen molar-refractivity contribution < 1.29 is 14.6 Å². The summed E-state index contributed by atoms with van der Waals surface area (Å²) in [6.45, 7) is 0.485. The second-order valence-electron chi connectivity index (χ2n) is 3.77. The van der Waals surface area contributed by atoms with Crippen molar-refractivity contribution in [1.82, 2.24) is 0 Å². The summed E-state index contributed by atoms with van der Waals surface area (Å²) in [5, 5.41) is 9.21. The number of hydrogen-bond donors (Lipinski definition) is 1. The zero-order chi connectivity index (χ0) is 10.9. The minimum absolute atomic E-state index is 0.0382. The number of aliphatic hydroxyl groups excluding tert-OH is 1. The highest BCUT2D eigenvalue weighted by molar-refractivity contribution is 9.10. The molecule has 1 aliphatic heterocycles. The number of benzene rings is 1. The van der Waals surface area contributed by atoms with Crippen molar-refractivity contribution >= 4 is 21.7 Å². The van der Waals surface area contributed by atoms with E-state index in [4.69, 9.17) is 4.74 Å². The van der Waals surface area contributed by atoms with Gasteiger partial charge in [-0.3, -0.25) is 4.79 Å². The maximum atomic E-state index is 12.0. The summed E-state index contributed by atoms with van der Waals surface area (Å²) in [6.07, 6.45) is 0. The zero-order valence-corrected chi connectivity index (χ0v) is 9.66. The molecule has 0 bridgehead atoms. The van der Waals surface area contributed by atoms with Crippen molar-refractivity contribution in [2.45, 2.75) is 0 Å². The lowest BCUT2D eigenvalue weighted by Crippen LogP contribution is -2.51. The van der Waals surface area contributed by atoms with Crippen molar-refractivity contribution in [1.29, 1.82) is 0 Å². The molecule has 0 unspecified atom stereocenters. The molecule has 4 heteroatoms. The molecule has 0 saturated carbocycles. The molecule has 1 aromatic rings. The van der Waals surface area contributed by atoms with E-state index in [1.54, 1.807) is 12.1 Å². The lowest BCUT2D eigenvalue weighted by Gasteiger charge is -2.38. The first-order valence-corrected chi connectivity index (χ1v) is 5.46. The van der Waals surface area contributed by atoms with Crippen LogP contribution in [0.3, 0.4) is 0 Å². The Bertz CT molecular complexity index is 362. The van der Waals surface area contributed by atoms with E-state index < -0.39 is 5.41 Å². The van der Waals surface area contributed by atoms with Crippen molar-refractivity contribution in [3.05, 3.63) is 34.3 Å². The average Bonchev–Trinajstić information content (AvgIpc) is 2.18. The van der Waals surface area contributed by atoms with Crippen molar-refractivity contribution in [3.8, 4) is 0 Å². The van der Waals surface area contributed by atoms with Gasteiger partial charge < -0.3 is 9.84 Å². The van der Waals surface area contributed by atoms with Gasteiger partial charge in [-0.2, -0.15) is 0 Å². The Morgan fingerprint density at radius 3 is 2.40 bits per heavy atom. The maximum Gasteiger partial charge on any atom is 0.175 e. The van der Waals surface area contributed by atoms with E-state index in [1.165, 1.54) is 0 Å². The van der Waals surface area contributed by atoms with E-state index in [2.05, 4.69) is 15.9 Å². The molecule has 15 heavy (non-hydrogen) atoms. The number of Topliss-reactive ketones (excluding diaryl/α,β-unsaturated/α-hetero) is 1. The minimum atomic E-state index is -0.701. The summed E-state index contributed by atoms with van der Waals surface area (Å²) in [4.78, 5) is 12.0. The van der Waals surface area contributed by atoms with Crippen molar-refractivity contribution in [2.75, 3.05) is 19.8 Å². The smallest absolute Gasteiger partial charge is 0.175 e. The van der Waals surface area contributed by atoms with Crippen LogP contribution in [0.2, 0.25) is 0 Å². The molecule has 1 saturated heterocycles. The van der Waals surface area contributed by atoms with Crippen LogP contribution in [0.15, 0.2) is 28.7 Å². The molecule has 80 valence electrons. The molecule has 0 aromatic heterocycles. The third-order valence-corrected chi connectivity index (χ3v) is 3.18. The summed E-state index contributed by atoms with van der Waals surface area (Å²) in [5.41, 5.74) is -0.0797. The summed E-state index contributed by atoms with van der Waals surface area (Å²) < 4.78 is 5.94. The van der Waals surface area contributed by atoms with Gasteiger partial charge >= 0.3 is 0 Å². The lowest BCUT2D eigenvalue weighted by molar-refractivity contribution is -0.109. The number of ketones is 1.